The number of hydrogen-bond donors (Lipinski definition) is 2. The molecule has 0 aliphatic heterocycles. The van der Waals surface area contributed by atoms with Gasteiger partial charge >= 0.3 is 6.18 Å². The van der Waals surface area contributed by atoms with E-state index in [0.29, 0.717) is 11.2 Å². The Morgan fingerprint density at radius 1 is 1.20 bits per heavy atom. The highest BCUT2D eigenvalue weighted by atomic mass is 19.4. The standard InChI is InChI=1S/C15H17F4N5O/c1-2-7-20-8-9-21-14(25)12-13(15(17,18)19)24(23-22-12)11-6-4-3-5-10(11)16/h3-6,20H,2,7-9H2,1H3,(H,21,25). The van der Waals surface area contributed by atoms with Crippen LogP contribution in [0.5, 0.6) is 0 Å². The van der Waals surface area contributed by atoms with Crippen molar-refractivity contribution < 1.29 is 22.4 Å². The Labute approximate surface area is 141 Å². The van der Waals surface area contributed by atoms with E-state index in [1.165, 1.54) is 12.1 Å². The van der Waals surface area contributed by atoms with Gasteiger partial charge in [-0.3, -0.25) is 4.79 Å². The summed E-state index contributed by atoms with van der Waals surface area (Å²) >= 11 is 0. The fourth-order valence-corrected chi connectivity index (χ4v) is 2.13. The molecule has 1 aromatic carbocycles. The lowest BCUT2D eigenvalue weighted by Gasteiger charge is -2.11. The zero-order valence-corrected chi connectivity index (χ0v) is 13.4. The number of aromatic nitrogens is 3. The van der Waals surface area contributed by atoms with Crippen LogP contribution >= 0.6 is 0 Å². The number of benzene rings is 1. The van der Waals surface area contributed by atoms with Crippen molar-refractivity contribution in [2.24, 2.45) is 0 Å². The maximum absolute atomic E-state index is 13.8. The molecule has 0 bridgehead atoms. The van der Waals surface area contributed by atoms with Gasteiger partial charge in [-0.05, 0) is 25.1 Å². The summed E-state index contributed by atoms with van der Waals surface area (Å²) in [6.45, 7) is 3.22. The van der Waals surface area contributed by atoms with E-state index in [9.17, 15) is 22.4 Å². The monoisotopic (exact) mass is 359 g/mol. The topological polar surface area (TPSA) is 71.8 Å². The molecule has 0 aliphatic rings. The van der Waals surface area contributed by atoms with Gasteiger partial charge in [0.05, 0.1) is 0 Å². The van der Waals surface area contributed by atoms with Gasteiger partial charge < -0.3 is 10.6 Å². The predicted octanol–water partition coefficient (Wildman–Crippen LogP) is 2.15. The van der Waals surface area contributed by atoms with Crippen LogP contribution in [0.4, 0.5) is 17.6 Å². The quantitative estimate of drug-likeness (QED) is 0.587. The van der Waals surface area contributed by atoms with E-state index in [2.05, 4.69) is 20.9 Å². The zero-order valence-electron chi connectivity index (χ0n) is 13.4. The SMILES string of the molecule is CCCNCCNC(=O)c1nnn(-c2ccccc2F)c1C(F)(F)F. The third kappa shape index (κ3) is 4.53. The van der Waals surface area contributed by atoms with Crippen LogP contribution in [0.15, 0.2) is 24.3 Å². The van der Waals surface area contributed by atoms with Gasteiger partial charge in [-0.1, -0.05) is 24.3 Å². The number of carbonyl (C=O) groups is 1. The fourth-order valence-electron chi connectivity index (χ4n) is 2.13. The van der Waals surface area contributed by atoms with Crippen molar-refractivity contribution in [3.05, 3.63) is 41.5 Å². The molecule has 0 atom stereocenters. The van der Waals surface area contributed by atoms with Gasteiger partial charge in [-0.2, -0.15) is 13.2 Å². The molecule has 1 heterocycles. The number of hydrogen-bond acceptors (Lipinski definition) is 4. The van der Waals surface area contributed by atoms with Gasteiger partial charge in [0.15, 0.2) is 11.4 Å². The fraction of sp³-hybridized carbons (Fsp3) is 0.400. The number of nitrogens with zero attached hydrogens (tertiary/aromatic N) is 3. The molecule has 136 valence electrons. The summed E-state index contributed by atoms with van der Waals surface area (Å²) in [4.78, 5) is 12.0. The van der Waals surface area contributed by atoms with E-state index in [-0.39, 0.29) is 6.54 Å². The van der Waals surface area contributed by atoms with Crippen molar-refractivity contribution in [3.63, 3.8) is 0 Å². The Hall–Kier alpha value is -2.49. The van der Waals surface area contributed by atoms with Gasteiger partial charge in [0.2, 0.25) is 0 Å². The summed E-state index contributed by atoms with van der Waals surface area (Å²) in [5, 5.41) is 12.0. The predicted molar refractivity (Wildman–Crippen MR) is 81.8 cm³/mol. The van der Waals surface area contributed by atoms with Crippen molar-refractivity contribution in [1.29, 1.82) is 0 Å². The summed E-state index contributed by atoms with van der Waals surface area (Å²) in [5.74, 6) is -1.93. The Balaban J connectivity index is 2.28. The summed E-state index contributed by atoms with van der Waals surface area (Å²) in [7, 11) is 0. The average molecular weight is 359 g/mol. The molecule has 0 unspecified atom stereocenters. The summed E-state index contributed by atoms with van der Waals surface area (Å²) in [6, 6.07) is 4.81. The van der Waals surface area contributed by atoms with Gasteiger partial charge in [0, 0.05) is 13.1 Å². The van der Waals surface area contributed by atoms with E-state index in [0.717, 1.165) is 25.1 Å². The zero-order chi connectivity index (χ0) is 18.4. The largest absolute Gasteiger partial charge is 0.435 e. The second-order valence-electron chi connectivity index (χ2n) is 5.15. The molecule has 0 spiro atoms. The molecular formula is C15H17F4N5O. The van der Waals surface area contributed by atoms with Crippen molar-refractivity contribution >= 4 is 5.91 Å². The molecule has 0 fully saturated rings. The molecule has 1 amide bonds. The Morgan fingerprint density at radius 2 is 1.92 bits per heavy atom. The van der Waals surface area contributed by atoms with Crippen molar-refractivity contribution in [2.45, 2.75) is 19.5 Å². The second-order valence-corrected chi connectivity index (χ2v) is 5.15. The summed E-state index contributed by atoms with van der Waals surface area (Å²) in [6.07, 6.45) is -4.04. The first-order valence-corrected chi connectivity index (χ1v) is 7.63. The van der Waals surface area contributed by atoms with Crippen LogP contribution in [0.25, 0.3) is 5.69 Å². The minimum Gasteiger partial charge on any atom is -0.349 e. The van der Waals surface area contributed by atoms with Gasteiger partial charge in [0.25, 0.3) is 5.91 Å². The van der Waals surface area contributed by atoms with Crippen LogP contribution in [0.1, 0.15) is 29.5 Å². The first-order chi connectivity index (χ1) is 11.9. The van der Waals surface area contributed by atoms with Crippen LogP contribution in [0.3, 0.4) is 0 Å². The third-order valence-electron chi connectivity index (χ3n) is 3.25. The highest BCUT2D eigenvalue weighted by Crippen LogP contribution is 2.33. The van der Waals surface area contributed by atoms with Gasteiger partial charge in [0.1, 0.15) is 11.5 Å². The Morgan fingerprint density at radius 3 is 2.56 bits per heavy atom. The number of alkyl halides is 3. The number of nitrogens with one attached hydrogen (secondary N) is 2. The molecule has 0 radical (unpaired) electrons. The Kier molecular flexibility index (Phi) is 6.07. The minimum atomic E-state index is -4.93. The number of rotatable bonds is 7. The molecule has 25 heavy (non-hydrogen) atoms. The lowest BCUT2D eigenvalue weighted by Crippen LogP contribution is -2.33. The Bertz CT molecular complexity index is 729. The maximum Gasteiger partial charge on any atom is 0.435 e. The average Bonchev–Trinajstić information content (AvgIpc) is 3.00. The second kappa shape index (κ2) is 8.06. The van der Waals surface area contributed by atoms with Gasteiger partial charge in [-0.25, -0.2) is 9.07 Å². The van der Waals surface area contributed by atoms with Crippen LogP contribution in [0, 0.1) is 5.82 Å². The molecule has 2 aromatic rings. The van der Waals surface area contributed by atoms with Crippen LogP contribution in [-0.2, 0) is 6.18 Å². The van der Waals surface area contributed by atoms with Crippen molar-refractivity contribution in [3.8, 4) is 5.69 Å². The highest BCUT2D eigenvalue weighted by molar-refractivity contribution is 5.93. The van der Waals surface area contributed by atoms with E-state index in [1.807, 2.05) is 6.92 Å². The van der Waals surface area contributed by atoms with E-state index in [4.69, 9.17) is 0 Å². The number of halogens is 4. The molecule has 0 aliphatic carbocycles. The molecule has 2 N–H and O–H groups in total. The lowest BCUT2D eigenvalue weighted by atomic mass is 10.2. The van der Waals surface area contributed by atoms with Gasteiger partial charge in [-0.15, -0.1) is 5.10 Å². The molecule has 10 heteroatoms. The first-order valence-electron chi connectivity index (χ1n) is 7.63. The molecule has 0 saturated carbocycles. The van der Waals surface area contributed by atoms with E-state index < -0.39 is 35.0 Å². The normalized spacial score (nSPS) is 11.6. The van der Waals surface area contributed by atoms with E-state index in [1.54, 1.807) is 0 Å². The molecule has 1 aromatic heterocycles. The molecule has 2 rings (SSSR count). The molecule has 0 saturated heterocycles. The summed E-state index contributed by atoms with van der Waals surface area (Å²) in [5.41, 5.74) is -2.76. The number of para-hydroxylation sites is 1. The van der Waals surface area contributed by atoms with Crippen molar-refractivity contribution in [1.82, 2.24) is 25.6 Å². The minimum absolute atomic E-state index is 0.128. The lowest BCUT2D eigenvalue weighted by molar-refractivity contribution is -0.143. The summed E-state index contributed by atoms with van der Waals surface area (Å²) < 4.78 is 54.3. The van der Waals surface area contributed by atoms with E-state index >= 15 is 0 Å². The number of carbonyl (C=O) groups excluding carboxylic acids is 1. The van der Waals surface area contributed by atoms with Crippen LogP contribution in [-0.4, -0.2) is 40.5 Å². The third-order valence-corrected chi connectivity index (χ3v) is 3.25. The van der Waals surface area contributed by atoms with Crippen LogP contribution < -0.4 is 10.6 Å². The first kappa shape index (κ1) is 18.8. The van der Waals surface area contributed by atoms with Crippen molar-refractivity contribution in [2.75, 3.05) is 19.6 Å². The number of amides is 1. The smallest absolute Gasteiger partial charge is 0.349 e. The van der Waals surface area contributed by atoms with Crippen LogP contribution in [0.2, 0.25) is 0 Å². The maximum atomic E-state index is 13.8. The molecule has 6 nitrogen and oxygen atoms in total. The highest BCUT2D eigenvalue weighted by Gasteiger charge is 2.42. The molecular weight excluding hydrogens is 342 g/mol.